The fraction of sp³-hybridized carbons (Fsp3) is 0. The molecule has 5 rings (SSSR count). The average Bonchev–Trinajstić information content (AvgIpc) is 3.32. The van der Waals surface area contributed by atoms with E-state index in [0.29, 0.717) is 16.5 Å². The van der Waals surface area contributed by atoms with E-state index in [0.717, 1.165) is 0 Å². The Morgan fingerprint density at radius 2 is 1.86 bits per heavy atom. The lowest BCUT2D eigenvalue weighted by Gasteiger charge is -2.11. The maximum Gasteiger partial charge on any atom is 0.259 e. The van der Waals surface area contributed by atoms with Gasteiger partial charge < -0.3 is 10.4 Å². The monoisotopic (exact) mass is 495 g/mol. The van der Waals surface area contributed by atoms with Crippen LogP contribution in [0.5, 0.6) is 5.75 Å². The quantitative estimate of drug-likeness (QED) is 0.180. The van der Waals surface area contributed by atoms with E-state index in [2.05, 4.69) is 40.4 Å². The minimum atomic E-state index is -0.580. The molecule has 0 fully saturated rings. The van der Waals surface area contributed by atoms with Gasteiger partial charge in [0.15, 0.2) is 11.6 Å². The normalized spacial score (nSPS) is 11.0. The Bertz CT molecular complexity index is 1660. The molecule has 0 unspecified atom stereocenters. The number of pyridine rings is 1. The van der Waals surface area contributed by atoms with Gasteiger partial charge in [0.25, 0.3) is 17.5 Å². The number of nitrogens with zero attached hydrogens (tertiary/aromatic N) is 8. The highest BCUT2D eigenvalue weighted by Gasteiger charge is 2.20. The number of carbonyl (C=O) groups is 1. The van der Waals surface area contributed by atoms with E-state index in [1.807, 2.05) is 0 Å². The summed E-state index contributed by atoms with van der Waals surface area (Å²) in [5.41, 5.74) is 0.528. The Kier molecular flexibility index (Phi) is 6.00. The van der Waals surface area contributed by atoms with Crippen LogP contribution in [0, 0.1) is 6.57 Å². The van der Waals surface area contributed by atoms with Gasteiger partial charge >= 0.3 is 0 Å². The van der Waals surface area contributed by atoms with Crippen molar-refractivity contribution in [2.45, 2.75) is 0 Å². The lowest BCUT2D eigenvalue weighted by atomic mass is 10.0. The summed E-state index contributed by atoms with van der Waals surface area (Å²) in [5, 5.41) is 27.8. The molecule has 0 aliphatic rings. The average molecular weight is 496 g/mol. The van der Waals surface area contributed by atoms with Crippen LogP contribution in [0.15, 0.2) is 83.5 Å². The number of aromatic nitrogens is 5. The molecule has 0 atom stereocenters. The Balaban J connectivity index is 1.60. The molecule has 0 saturated heterocycles. The summed E-state index contributed by atoms with van der Waals surface area (Å²) in [6.45, 7) is 7.44. The second kappa shape index (κ2) is 9.57. The number of anilines is 1. The van der Waals surface area contributed by atoms with Crippen LogP contribution in [0.3, 0.4) is 0 Å². The summed E-state index contributed by atoms with van der Waals surface area (Å²) < 4.78 is 1.26. The van der Waals surface area contributed by atoms with Crippen molar-refractivity contribution in [3.63, 3.8) is 0 Å². The number of nitrogens with one attached hydrogen (secondary N) is 1. The standard InChI is InChI=1S/C24H14ClN9O2/c1-26-18-13-30-34(24-27-9-4-10-28-24)22(18)33-32-20-16-6-3-2-5-14(16)11-17(21(20)35)23(36)31-15-7-8-19(25)29-12-15/h2-13,35H,(H,31,36). The molecular formula is C24H14ClN9O2. The SMILES string of the molecule is [C-]#[N+]c1cnn(-c2ncccn2)c1N=Nc1c(O)c(C(=O)Nc2ccc(Cl)nc2)cc2ccccc12. The van der Waals surface area contributed by atoms with Crippen LogP contribution in [0.25, 0.3) is 21.6 Å². The smallest absolute Gasteiger partial charge is 0.259 e. The van der Waals surface area contributed by atoms with E-state index in [4.69, 9.17) is 18.2 Å². The van der Waals surface area contributed by atoms with Crippen LogP contribution >= 0.6 is 11.6 Å². The summed E-state index contributed by atoms with van der Waals surface area (Å²) in [6, 6.07) is 13.4. The van der Waals surface area contributed by atoms with Crippen molar-refractivity contribution < 1.29 is 9.90 Å². The summed E-state index contributed by atoms with van der Waals surface area (Å²) in [6.07, 6.45) is 5.78. The number of phenols is 1. The maximum absolute atomic E-state index is 13.0. The summed E-state index contributed by atoms with van der Waals surface area (Å²) in [7, 11) is 0. The van der Waals surface area contributed by atoms with E-state index in [1.54, 1.807) is 42.5 Å². The van der Waals surface area contributed by atoms with Gasteiger partial charge in [0.1, 0.15) is 10.8 Å². The third-order valence-electron chi connectivity index (χ3n) is 5.06. The van der Waals surface area contributed by atoms with Crippen molar-refractivity contribution in [3.8, 4) is 11.7 Å². The molecule has 0 radical (unpaired) electrons. The van der Waals surface area contributed by atoms with E-state index in [1.165, 1.54) is 35.5 Å². The molecule has 0 spiro atoms. The fourth-order valence-corrected chi connectivity index (χ4v) is 3.50. The topological polar surface area (TPSA) is 135 Å². The van der Waals surface area contributed by atoms with Crippen molar-refractivity contribution in [2.75, 3.05) is 5.32 Å². The second-order valence-corrected chi connectivity index (χ2v) is 7.68. The zero-order valence-corrected chi connectivity index (χ0v) is 19.0. The molecule has 3 aromatic heterocycles. The molecule has 36 heavy (non-hydrogen) atoms. The van der Waals surface area contributed by atoms with Gasteiger partial charge in [-0.2, -0.15) is 9.78 Å². The first-order valence-corrected chi connectivity index (χ1v) is 10.7. The van der Waals surface area contributed by atoms with E-state index in [-0.39, 0.29) is 39.6 Å². The minimum absolute atomic E-state index is 0.0251. The van der Waals surface area contributed by atoms with Crippen LogP contribution in [-0.4, -0.2) is 35.7 Å². The number of hydrogen-bond acceptors (Lipinski definition) is 8. The Morgan fingerprint density at radius 3 is 2.61 bits per heavy atom. The number of carbonyl (C=O) groups excluding carboxylic acids is 1. The molecule has 3 heterocycles. The molecule has 12 heteroatoms. The highest BCUT2D eigenvalue weighted by atomic mass is 35.5. The zero-order valence-electron chi connectivity index (χ0n) is 18.2. The summed E-state index contributed by atoms with van der Waals surface area (Å²) >= 11 is 5.81. The number of fused-ring (bicyclic) bond motifs is 1. The predicted molar refractivity (Wildman–Crippen MR) is 132 cm³/mol. The molecule has 11 nitrogen and oxygen atoms in total. The van der Waals surface area contributed by atoms with Crippen molar-refractivity contribution in [1.82, 2.24) is 24.7 Å². The number of azo groups is 1. The number of aromatic hydroxyl groups is 1. The molecule has 0 bridgehead atoms. The summed E-state index contributed by atoms with van der Waals surface area (Å²) in [5.74, 6) is -0.700. The van der Waals surface area contributed by atoms with Gasteiger partial charge in [0.05, 0.1) is 30.2 Å². The first kappa shape index (κ1) is 22.6. The number of phenolic OH excluding ortho intramolecular Hbond substituents is 1. The van der Waals surface area contributed by atoms with Crippen molar-refractivity contribution in [2.24, 2.45) is 10.2 Å². The molecule has 0 saturated carbocycles. The number of amides is 1. The van der Waals surface area contributed by atoms with Crippen molar-refractivity contribution in [1.29, 1.82) is 0 Å². The van der Waals surface area contributed by atoms with E-state index >= 15 is 0 Å². The third kappa shape index (κ3) is 4.31. The van der Waals surface area contributed by atoms with Gasteiger partial charge in [-0.15, -0.1) is 10.2 Å². The zero-order chi connectivity index (χ0) is 25.1. The van der Waals surface area contributed by atoms with Crippen LogP contribution in [0.1, 0.15) is 10.4 Å². The molecule has 0 aliphatic carbocycles. The van der Waals surface area contributed by atoms with Crippen LogP contribution in [-0.2, 0) is 0 Å². The van der Waals surface area contributed by atoms with Gasteiger partial charge in [-0.3, -0.25) is 4.79 Å². The first-order valence-electron chi connectivity index (χ1n) is 10.4. The summed E-state index contributed by atoms with van der Waals surface area (Å²) in [4.78, 5) is 28.6. The van der Waals surface area contributed by atoms with Crippen LogP contribution in [0.2, 0.25) is 5.15 Å². The fourth-order valence-electron chi connectivity index (χ4n) is 3.39. The number of benzene rings is 2. The third-order valence-corrected chi connectivity index (χ3v) is 5.28. The van der Waals surface area contributed by atoms with Crippen molar-refractivity contribution in [3.05, 3.63) is 95.5 Å². The first-order chi connectivity index (χ1) is 17.5. The Morgan fingerprint density at radius 1 is 1.06 bits per heavy atom. The number of halogens is 1. The highest BCUT2D eigenvalue weighted by Crippen LogP contribution is 2.40. The molecule has 5 aromatic rings. The lowest BCUT2D eigenvalue weighted by molar-refractivity contribution is 0.102. The molecule has 0 aliphatic heterocycles. The van der Waals surface area contributed by atoms with Crippen LogP contribution < -0.4 is 5.32 Å². The lowest BCUT2D eigenvalue weighted by Crippen LogP contribution is -2.12. The van der Waals surface area contributed by atoms with Gasteiger partial charge in [-0.05, 0) is 29.7 Å². The highest BCUT2D eigenvalue weighted by molar-refractivity contribution is 6.29. The van der Waals surface area contributed by atoms with Gasteiger partial charge in [-0.25, -0.2) is 19.8 Å². The minimum Gasteiger partial charge on any atom is -0.505 e. The second-order valence-electron chi connectivity index (χ2n) is 7.29. The van der Waals surface area contributed by atoms with Gasteiger partial charge in [-0.1, -0.05) is 35.9 Å². The van der Waals surface area contributed by atoms with E-state index < -0.39 is 5.91 Å². The molecule has 1 amide bonds. The van der Waals surface area contributed by atoms with Crippen LogP contribution in [0.4, 0.5) is 22.9 Å². The molecule has 174 valence electrons. The van der Waals surface area contributed by atoms with Gasteiger partial charge in [0, 0.05) is 17.8 Å². The van der Waals surface area contributed by atoms with Crippen molar-refractivity contribution >= 4 is 51.2 Å². The molecule has 2 N–H and O–H groups in total. The largest absolute Gasteiger partial charge is 0.505 e. The Labute approximate surface area is 208 Å². The number of hydrogen-bond donors (Lipinski definition) is 2. The van der Waals surface area contributed by atoms with Gasteiger partial charge in [0.2, 0.25) is 0 Å². The maximum atomic E-state index is 13.0. The Hall–Kier alpha value is -5.21. The molecule has 2 aromatic carbocycles. The predicted octanol–water partition coefficient (Wildman–Crippen LogP) is 5.79. The number of rotatable bonds is 5. The molecular weight excluding hydrogens is 482 g/mol. The van der Waals surface area contributed by atoms with E-state index in [9.17, 15) is 9.90 Å².